The Morgan fingerprint density at radius 3 is 2.60 bits per heavy atom. The molecule has 0 unspecified atom stereocenters. The lowest BCUT2D eigenvalue weighted by Crippen LogP contribution is -1.99. The second kappa shape index (κ2) is 5.21. The normalized spacial score (nSPS) is 10.7. The third-order valence-corrected chi connectivity index (χ3v) is 3.32. The average Bonchev–Trinajstić information content (AvgIpc) is 2.90. The molecule has 0 aliphatic rings. The second-order valence-corrected chi connectivity index (χ2v) is 5.04. The highest BCUT2D eigenvalue weighted by atomic mass is 15.3. The molecule has 3 aromatic rings. The van der Waals surface area contributed by atoms with Crippen molar-refractivity contribution in [3.05, 3.63) is 72.1 Å². The van der Waals surface area contributed by atoms with E-state index >= 15 is 0 Å². The van der Waals surface area contributed by atoms with E-state index < -0.39 is 0 Å². The van der Waals surface area contributed by atoms with Crippen LogP contribution in [0.1, 0.15) is 11.1 Å². The van der Waals surface area contributed by atoms with Gasteiger partial charge >= 0.3 is 0 Å². The maximum Gasteiger partial charge on any atom is 0.0659 e. The summed E-state index contributed by atoms with van der Waals surface area (Å²) in [6, 6.07) is 16.4. The van der Waals surface area contributed by atoms with Crippen molar-refractivity contribution in [2.24, 2.45) is 0 Å². The molecule has 100 valence electrons. The molecule has 0 saturated carbocycles. The quantitative estimate of drug-likeness (QED) is 0.735. The maximum atomic E-state index is 5.81. The highest BCUT2D eigenvalue weighted by molar-refractivity contribution is 5.65. The minimum atomic E-state index is 0.772. The summed E-state index contributed by atoms with van der Waals surface area (Å²) in [5.74, 6) is 0. The van der Waals surface area contributed by atoms with Crippen LogP contribution in [0, 0.1) is 6.92 Å². The van der Waals surface area contributed by atoms with E-state index in [1.807, 2.05) is 35.1 Å². The van der Waals surface area contributed by atoms with Gasteiger partial charge in [0.1, 0.15) is 0 Å². The Bertz CT molecular complexity index is 711. The van der Waals surface area contributed by atoms with Gasteiger partial charge in [-0.1, -0.05) is 42.0 Å². The SMILES string of the molecule is Cc1ccc(Cn2cc(-c3cccc(N)c3)cn2)cc1. The molecule has 0 amide bonds. The predicted octanol–water partition coefficient (Wildman–Crippen LogP) is 3.49. The van der Waals surface area contributed by atoms with Crippen molar-refractivity contribution in [2.75, 3.05) is 5.73 Å². The molecule has 0 aliphatic heterocycles. The van der Waals surface area contributed by atoms with Crippen molar-refractivity contribution in [1.29, 1.82) is 0 Å². The second-order valence-electron chi connectivity index (χ2n) is 5.04. The molecular weight excluding hydrogens is 246 g/mol. The van der Waals surface area contributed by atoms with Crippen LogP contribution in [0.15, 0.2) is 60.9 Å². The number of nitrogens with two attached hydrogens (primary N) is 1. The Morgan fingerprint density at radius 1 is 1.05 bits per heavy atom. The summed E-state index contributed by atoms with van der Waals surface area (Å²) < 4.78 is 1.95. The fourth-order valence-corrected chi connectivity index (χ4v) is 2.20. The van der Waals surface area contributed by atoms with Gasteiger partial charge < -0.3 is 5.73 Å². The molecular formula is C17H17N3. The summed E-state index contributed by atoms with van der Waals surface area (Å²) in [7, 11) is 0. The molecule has 1 heterocycles. The fraction of sp³-hybridized carbons (Fsp3) is 0.118. The zero-order chi connectivity index (χ0) is 13.9. The Hall–Kier alpha value is -2.55. The summed E-state index contributed by atoms with van der Waals surface area (Å²) in [6.07, 6.45) is 3.93. The van der Waals surface area contributed by atoms with Crippen molar-refractivity contribution >= 4 is 5.69 Å². The van der Waals surface area contributed by atoms with Gasteiger partial charge in [0.25, 0.3) is 0 Å². The highest BCUT2D eigenvalue weighted by Crippen LogP contribution is 2.21. The topological polar surface area (TPSA) is 43.8 Å². The number of nitrogen functional groups attached to an aromatic ring is 1. The van der Waals surface area contributed by atoms with Gasteiger partial charge in [-0.25, -0.2) is 0 Å². The molecule has 0 atom stereocenters. The first-order chi connectivity index (χ1) is 9.70. The molecule has 2 N–H and O–H groups in total. The Labute approximate surface area is 118 Å². The maximum absolute atomic E-state index is 5.81. The molecule has 0 saturated heterocycles. The fourth-order valence-electron chi connectivity index (χ4n) is 2.20. The number of benzene rings is 2. The van der Waals surface area contributed by atoms with E-state index in [1.165, 1.54) is 11.1 Å². The van der Waals surface area contributed by atoms with Crippen molar-refractivity contribution in [2.45, 2.75) is 13.5 Å². The Balaban J connectivity index is 1.82. The van der Waals surface area contributed by atoms with Gasteiger partial charge in [-0.15, -0.1) is 0 Å². The smallest absolute Gasteiger partial charge is 0.0659 e. The van der Waals surface area contributed by atoms with Crippen LogP contribution in [-0.2, 0) is 6.54 Å². The van der Waals surface area contributed by atoms with E-state index in [1.54, 1.807) is 0 Å². The van der Waals surface area contributed by atoms with Gasteiger partial charge in [0.05, 0.1) is 12.7 Å². The monoisotopic (exact) mass is 263 g/mol. The zero-order valence-electron chi connectivity index (χ0n) is 11.5. The van der Waals surface area contributed by atoms with E-state index in [0.29, 0.717) is 0 Å². The van der Waals surface area contributed by atoms with Gasteiger partial charge in [-0.05, 0) is 30.2 Å². The van der Waals surface area contributed by atoms with Crippen LogP contribution in [0.25, 0.3) is 11.1 Å². The van der Waals surface area contributed by atoms with Gasteiger partial charge in [-0.2, -0.15) is 5.10 Å². The number of hydrogen-bond acceptors (Lipinski definition) is 2. The molecule has 0 spiro atoms. The zero-order valence-corrected chi connectivity index (χ0v) is 11.5. The molecule has 0 aliphatic carbocycles. The molecule has 2 aromatic carbocycles. The van der Waals surface area contributed by atoms with Gasteiger partial charge in [0.2, 0.25) is 0 Å². The summed E-state index contributed by atoms with van der Waals surface area (Å²) in [5, 5.41) is 4.42. The minimum Gasteiger partial charge on any atom is -0.399 e. The predicted molar refractivity (Wildman–Crippen MR) is 82.4 cm³/mol. The van der Waals surface area contributed by atoms with Gasteiger partial charge in [0.15, 0.2) is 0 Å². The van der Waals surface area contributed by atoms with Crippen LogP contribution >= 0.6 is 0 Å². The summed E-state index contributed by atoms with van der Waals surface area (Å²) in [6.45, 7) is 2.87. The van der Waals surface area contributed by atoms with E-state index in [9.17, 15) is 0 Å². The lowest BCUT2D eigenvalue weighted by molar-refractivity contribution is 0.687. The summed E-state index contributed by atoms with van der Waals surface area (Å²) >= 11 is 0. The average molecular weight is 263 g/mol. The van der Waals surface area contributed by atoms with Crippen molar-refractivity contribution in [3.8, 4) is 11.1 Å². The highest BCUT2D eigenvalue weighted by Gasteiger charge is 2.03. The van der Waals surface area contributed by atoms with Crippen LogP contribution in [0.3, 0.4) is 0 Å². The molecule has 0 radical (unpaired) electrons. The number of aryl methyl sites for hydroxylation is 1. The lowest BCUT2D eigenvalue weighted by atomic mass is 10.1. The van der Waals surface area contributed by atoms with Crippen molar-refractivity contribution in [3.63, 3.8) is 0 Å². The van der Waals surface area contributed by atoms with E-state index in [0.717, 1.165) is 23.4 Å². The third-order valence-electron chi connectivity index (χ3n) is 3.32. The van der Waals surface area contributed by atoms with E-state index in [2.05, 4.69) is 42.5 Å². The molecule has 0 fully saturated rings. The van der Waals surface area contributed by atoms with Crippen molar-refractivity contribution in [1.82, 2.24) is 9.78 Å². The van der Waals surface area contributed by atoms with Crippen LogP contribution in [0.4, 0.5) is 5.69 Å². The molecule has 3 nitrogen and oxygen atoms in total. The number of hydrogen-bond donors (Lipinski definition) is 1. The molecule has 20 heavy (non-hydrogen) atoms. The van der Waals surface area contributed by atoms with Crippen molar-refractivity contribution < 1.29 is 0 Å². The standard InChI is InChI=1S/C17H17N3/c1-13-5-7-14(8-6-13)11-20-12-16(10-19-20)15-3-2-4-17(18)9-15/h2-10,12H,11,18H2,1H3. The minimum absolute atomic E-state index is 0.772. The largest absolute Gasteiger partial charge is 0.399 e. The van der Waals surface area contributed by atoms with Crippen LogP contribution < -0.4 is 5.73 Å². The Morgan fingerprint density at radius 2 is 1.85 bits per heavy atom. The summed E-state index contributed by atoms with van der Waals surface area (Å²) in [4.78, 5) is 0. The molecule has 3 heteroatoms. The van der Waals surface area contributed by atoms with Crippen LogP contribution in [0.5, 0.6) is 0 Å². The lowest BCUT2D eigenvalue weighted by Gasteiger charge is -2.02. The first-order valence-corrected chi connectivity index (χ1v) is 6.64. The van der Waals surface area contributed by atoms with Crippen LogP contribution in [-0.4, -0.2) is 9.78 Å². The summed E-state index contributed by atoms with van der Waals surface area (Å²) in [5.41, 5.74) is 11.3. The molecule has 3 rings (SSSR count). The Kier molecular flexibility index (Phi) is 3.25. The van der Waals surface area contributed by atoms with E-state index in [4.69, 9.17) is 5.73 Å². The molecule has 0 bridgehead atoms. The number of rotatable bonds is 3. The first-order valence-electron chi connectivity index (χ1n) is 6.64. The number of nitrogens with zero attached hydrogens (tertiary/aromatic N) is 2. The number of anilines is 1. The number of aromatic nitrogens is 2. The van der Waals surface area contributed by atoms with Gasteiger partial charge in [0, 0.05) is 17.4 Å². The first kappa shape index (κ1) is 12.5. The molecule has 1 aromatic heterocycles. The van der Waals surface area contributed by atoms with E-state index in [-0.39, 0.29) is 0 Å². The third kappa shape index (κ3) is 2.72. The van der Waals surface area contributed by atoms with Crippen LogP contribution in [0.2, 0.25) is 0 Å². The van der Waals surface area contributed by atoms with Gasteiger partial charge in [-0.3, -0.25) is 4.68 Å².